The molecule has 0 saturated carbocycles. The first-order chi connectivity index (χ1) is 9.66. The van der Waals surface area contributed by atoms with Crippen molar-refractivity contribution in [2.45, 2.75) is 26.2 Å². The second-order valence-corrected chi connectivity index (χ2v) is 6.16. The molecule has 2 aromatic heterocycles. The number of nitrogens with one attached hydrogen (secondary N) is 1. The van der Waals surface area contributed by atoms with Crippen molar-refractivity contribution in [2.24, 2.45) is 0 Å². The predicted octanol–water partition coefficient (Wildman–Crippen LogP) is 4.91. The molecular formula is C17H17NOS. The van der Waals surface area contributed by atoms with Gasteiger partial charge in [-0.05, 0) is 35.9 Å². The molecule has 3 aromatic rings. The Morgan fingerprint density at radius 3 is 2.80 bits per heavy atom. The van der Waals surface area contributed by atoms with Gasteiger partial charge >= 0.3 is 0 Å². The third kappa shape index (κ3) is 2.29. The Morgan fingerprint density at radius 1 is 1.25 bits per heavy atom. The topological polar surface area (TPSA) is 32.9 Å². The third-order valence-electron chi connectivity index (χ3n) is 3.72. The number of ketones is 1. The molecule has 2 heterocycles. The summed E-state index contributed by atoms with van der Waals surface area (Å²) in [7, 11) is 0. The quantitative estimate of drug-likeness (QED) is 0.678. The van der Waals surface area contributed by atoms with Crippen molar-refractivity contribution in [1.29, 1.82) is 0 Å². The normalized spacial score (nSPS) is 12.7. The summed E-state index contributed by atoms with van der Waals surface area (Å²) in [5, 5.41) is 3.19. The molecule has 1 atom stereocenters. The van der Waals surface area contributed by atoms with Gasteiger partial charge in [-0.15, -0.1) is 11.3 Å². The van der Waals surface area contributed by atoms with E-state index in [0.717, 1.165) is 16.1 Å². The lowest BCUT2D eigenvalue weighted by Gasteiger charge is -2.11. The summed E-state index contributed by atoms with van der Waals surface area (Å²) in [4.78, 5) is 16.5. The Bertz CT molecular complexity index is 740. The van der Waals surface area contributed by atoms with Crippen LogP contribution in [0.25, 0.3) is 10.9 Å². The minimum atomic E-state index is 0.223. The van der Waals surface area contributed by atoms with Gasteiger partial charge in [0.1, 0.15) is 0 Å². The van der Waals surface area contributed by atoms with Gasteiger partial charge in [0, 0.05) is 23.0 Å². The lowest BCUT2D eigenvalue weighted by atomic mass is 9.93. The van der Waals surface area contributed by atoms with Gasteiger partial charge in [0.2, 0.25) is 0 Å². The van der Waals surface area contributed by atoms with Gasteiger partial charge in [-0.2, -0.15) is 0 Å². The zero-order valence-corrected chi connectivity index (χ0v) is 12.5. The number of thiophene rings is 1. The Balaban J connectivity index is 1.91. The van der Waals surface area contributed by atoms with Crippen molar-refractivity contribution in [3.63, 3.8) is 0 Å². The molecule has 0 radical (unpaired) electrons. The van der Waals surface area contributed by atoms with E-state index in [1.54, 1.807) is 0 Å². The maximum absolute atomic E-state index is 12.3. The summed E-state index contributed by atoms with van der Waals surface area (Å²) in [5.74, 6) is 0.456. The highest BCUT2D eigenvalue weighted by atomic mass is 32.1. The van der Waals surface area contributed by atoms with Crippen LogP contribution in [0.1, 0.15) is 40.2 Å². The van der Waals surface area contributed by atoms with Crippen molar-refractivity contribution >= 4 is 28.0 Å². The maximum atomic E-state index is 12.3. The van der Waals surface area contributed by atoms with Crippen LogP contribution in [0.5, 0.6) is 0 Å². The predicted molar refractivity (Wildman–Crippen MR) is 84.7 cm³/mol. The number of para-hydroxylation sites is 1. The summed E-state index contributed by atoms with van der Waals surface area (Å²) < 4.78 is 0. The molecule has 1 N–H and O–H groups in total. The maximum Gasteiger partial charge on any atom is 0.173 e. The van der Waals surface area contributed by atoms with Gasteiger partial charge in [-0.1, -0.05) is 31.2 Å². The molecule has 1 aromatic carbocycles. The van der Waals surface area contributed by atoms with Crippen molar-refractivity contribution in [1.82, 2.24) is 4.98 Å². The van der Waals surface area contributed by atoms with Crippen LogP contribution in [0, 0.1) is 6.92 Å². The van der Waals surface area contributed by atoms with Gasteiger partial charge in [-0.25, -0.2) is 0 Å². The molecular weight excluding hydrogens is 266 g/mol. The Morgan fingerprint density at radius 2 is 2.05 bits per heavy atom. The molecule has 3 heteroatoms. The number of hydrogen-bond acceptors (Lipinski definition) is 2. The van der Waals surface area contributed by atoms with Crippen LogP contribution in [0.4, 0.5) is 0 Å². The highest BCUT2D eigenvalue weighted by Gasteiger charge is 2.18. The first-order valence-electron chi connectivity index (χ1n) is 6.80. The van der Waals surface area contributed by atoms with Crippen molar-refractivity contribution < 1.29 is 4.79 Å². The Hall–Kier alpha value is -1.87. The Kier molecular flexibility index (Phi) is 3.45. The van der Waals surface area contributed by atoms with E-state index >= 15 is 0 Å². The van der Waals surface area contributed by atoms with Crippen molar-refractivity contribution in [3.8, 4) is 0 Å². The van der Waals surface area contributed by atoms with E-state index < -0.39 is 0 Å². The van der Waals surface area contributed by atoms with Crippen LogP contribution in [0.15, 0.2) is 41.8 Å². The van der Waals surface area contributed by atoms with E-state index in [1.807, 2.05) is 29.6 Å². The fourth-order valence-corrected chi connectivity index (χ4v) is 3.53. The van der Waals surface area contributed by atoms with Gasteiger partial charge in [0.15, 0.2) is 5.78 Å². The zero-order valence-electron chi connectivity index (χ0n) is 11.6. The van der Waals surface area contributed by atoms with Crippen LogP contribution in [-0.2, 0) is 0 Å². The number of carbonyl (C=O) groups is 1. The largest absolute Gasteiger partial charge is 0.358 e. The number of H-pyrrole nitrogens is 1. The number of aromatic nitrogens is 1. The van der Waals surface area contributed by atoms with Crippen LogP contribution in [-0.4, -0.2) is 10.8 Å². The molecule has 0 amide bonds. The van der Waals surface area contributed by atoms with Gasteiger partial charge in [-0.3, -0.25) is 4.79 Å². The van der Waals surface area contributed by atoms with Gasteiger partial charge in [0.25, 0.3) is 0 Å². The second kappa shape index (κ2) is 5.25. The summed E-state index contributed by atoms with van der Waals surface area (Å²) in [6.45, 7) is 4.22. The van der Waals surface area contributed by atoms with Crippen molar-refractivity contribution in [3.05, 3.63) is 57.9 Å². The average Bonchev–Trinajstić information content (AvgIpc) is 3.04. The van der Waals surface area contributed by atoms with Crippen LogP contribution in [0.3, 0.4) is 0 Å². The van der Waals surface area contributed by atoms with Gasteiger partial charge in [0.05, 0.1) is 4.88 Å². The number of rotatable bonds is 4. The lowest BCUT2D eigenvalue weighted by Crippen LogP contribution is -2.04. The number of aromatic amines is 1. The number of benzene rings is 1. The summed E-state index contributed by atoms with van der Waals surface area (Å²) >= 11 is 1.52. The summed E-state index contributed by atoms with van der Waals surface area (Å²) in [5.41, 5.74) is 3.58. The number of aryl methyl sites for hydroxylation is 1. The molecule has 0 spiro atoms. The molecule has 20 heavy (non-hydrogen) atoms. The zero-order chi connectivity index (χ0) is 14.1. The van der Waals surface area contributed by atoms with Crippen LogP contribution >= 0.6 is 11.3 Å². The summed E-state index contributed by atoms with van der Waals surface area (Å²) in [6, 6.07) is 12.1. The number of carbonyl (C=O) groups excluding carboxylic acids is 1. The van der Waals surface area contributed by atoms with Crippen LogP contribution < -0.4 is 0 Å². The molecule has 2 nitrogen and oxygen atoms in total. The van der Waals surface area contributed by atoms with E-state index in [-0.39, 0.29) is 11.7 Å². The van der Waals surface area contributed by atoms with E-state index in [4.69, 9.17) is 0 Å². The van der Waals surface area contributed by atoms with Crippen LogP contribution in [0.2, 0.25) is 0 Å². The molecule has 0 saturated heterocycles. The highest BCUT2D eigenvalue weighted by molar-refractivity contribution is 7.12. The standard InChI is InChI=1S/C17H17NOS/c1-11(10-15(19)16-8-5-9-20-16)17-12(2)18-14-7-4-3-6-13(14)17/h3-9,11,18H,10H2,1-2H3/t11-/m0/s1. The molecule has 102 valence electrons. The molecule has 0 aliphatic heterocycles. The second-order valence-electron chi connectivity index (χ2n) is 5.21. The number of Topliss-reactive ketones (excluding diaryl/α,β-unsaturated/α-hetero) is 1. The lowest BCUT2D eigenvalue weighted by molar-refractivity contribution is 0.0980. The van der Waals surface area contributed by atoms with Crippen molar-refractivity contribution in [2.75, 3.05) is 0 Å². The van der Waals surface area contributed by atoms with E-state index in [9.17, 15) is 4.79 Å². The molecule has 0 fully saturated rings. The minimum absolute atomic E-state index is 0.223. The number of fused-ring (bicyclic) bond motifs is 1. The fourth-order valence-electron chi connectivity index (χ4n) is 2.85. The molecule has 0 unspecified atom stereocenters. The number of hydrogen-bond donors (Lipinski definition) is 1. The van der Waals surface area contributed by atoms with E-state index in [2.05, 4.69) is 31.0 Å². The minimum Gasteiger partial charge on any atom is -0.358 e. The van der Waals surface area contributed by atoms with Gasteiger partial charge < -0.3 is 4.98 Å². The smallest absolute Gasteiger partial charge is 0.173 e. The summed E-state index contributed by atoms with van der Waals surface area (Å²) in [6.07, 6.45) is 0.559. The molecule has 0 bridgehead atoms. The third-order valence-corrected chi connectivity index (χ3v) is 4.63. The molecule has 3 rings (SSSR count). The highest BCUT2D eigenvalue weighted by Crippen LogP contribution is 2.31. The fraction of sp³-hybridized carbons (Fsp3) is 0.235. The van der Waals surface area contributed by atoms with E-state index in [1.165, 1.54) is 22.3 Å². The molecule has 0 aliphatic rings. The SMILES string of the molecule is Cc1[nH]c2ccccc2c1[C@@H](C)CC(=O)c1cccs1. The average molecular weight is 283 g/mol. The Labute approximate surface area is 122 Å². The first kappa shape index (κ1) is 13.1. The first-order valence-corrected chi connectivity index (χ1v) is 7.68. The monoisotopic (exact) mass is 283 g/mol. The molecule has 0 aliphatic carbocycles. The van der Waals surface area contributed by atoms with E-state index in [0.29, 0.717) is 6.42 Å².